The van der Waals surface area contributed by atoms with Gasteiger partial charge in [0.15, 0.2) is 5.69 Å². The van der Waals surface area contributed by atoms with Crippen LogP contribution in [0.25, 0.3) is 0 Å². The second-order valence-corrected chi connectivity index (χ2v) is 5.12. The van der Waals surface area contributed by atoms with E-state index in [-0.39, 0.29) is 11.8 Å². The van der Waals surface area contributed by atoms with Gasteiger partial charge < -0.3 is 14.8 Å². The van der Waals surface area contributed by atoms with Gasteiger partial charge in [0.1, 0.15) is 17.4 Å². The Balaban J connectivity index is 2.14. The first-order valence-corrected chi connectivity index (χ1v) is 5.94. The second-order valence-electron chi connectivity index (χ2n) is 5.12. The van der Waals surface area contributed by atoms with Crippen LogP contribution in [-0.4, -0.2) is 46.7 Å². The van der Waals surface area contributed by atoms with Gasteiger partial charge in [0.25, 0.3) is 0 Å². The van der Waals surface area contributed by atoms with Gasteiger partial charge in [-0.05, 0) is 20.8 Å². The number of H-pyrrole nitrogens is 1. The Bertz CT molecular complexity index is 418. The van der Waals surface area contributed by atoms with E-state index in [0.717, 1.165) is 6.54 Å². The fourth-order valence-corrected chi connectivity index (χ4v) is 1.68. The summed E-state index contributed by atoms with van der Waals surface area (Å²) in [5, 5.41) is 13.5. The highest BCUT2D eigenvalue weighted by atomic mass is 16.6. The molecule has 0 radical (unpaired) electrons. The molecule has 1 fully saturated rings. The molecule has 2 heterocycles. The van der Waals surface area contributed by atoms with Crippen molar-refractivity contribution in [2.75, 3.05) is 19.7 Å². The summed E-state index contributed by atoms with van der Waals surface area (Å²) < 4.78 is 10.8. The van der Waals surface area contributed by atoms with Crippen LogP contribution in [0.3, 0.4) is 0 Å². The largest absolute Gasteiger partial charge is 0.455 e. The minimum absolute atomic E-state index is 0.193. The van der Waals surface area contributed by atoms with Crippen molar-refractivity contribution < 1.29 is 14.3 Å². The number of hydrogen-bond donors (Lipinski definition) is 2. The SMILES string of the molecule is CC(C)(C)OC(=O)c1n[nH]nc1C1CNCCO1. The van der Waals surface area contributed by atoms with Crippen LogP contribution in [0.1, 0.15) is 43.1 Å². The Kier molecular flexibility index (Phi) is 3.63. The number of rotatable bonds is 2. The van der Waals surface area contributed by atoms with Gasteiger partial charge in [-0.15, -0.1) is 5.10 Å². The number of carbonyl (C=O) groups is 1. The zero-order valence-electron chi connectivity index (χ0n) is 10.8. The molecule has 2 N–H and O–H groups in total. The molecule has 0 spiro atoms. The van der Waals surface area contributed by atoms with Crippen LogP contribution in [0.4, 0.5) is 0 Å². The van der Waals surface area contributed by atoms with E-state index in [1.807, 2.05) is 20.8 Å². The molecule has 0 aromatic carbocycles. The molecule has 1 atom stereocenters. The number of ether oxygens (including phenoxy) is 2. The van der Waals surface area contributed by atoms with Crippen LogP contribution in [0.5, 0.6) is 0 Å². The van der Waals surface area contributed by atoms with E-state index >= 15 is 0 Å². The summed E-state index contributed by atoms with van der Waals surface area (Å²) in [6.07, 6.45) is -0.264. The highest BCUT2D eigenvalue weighted by molar-refractivity contribution is 5.88. The highest BCUT2D eigenvalue weighted by Crippen LogP contribution is 2.21. The number of aromatic amines is 1. The average molecular weight is 254 g/mol. The molecule has 100 valence electrons. The third-order valence-electron chi connectivity index (χ3n) is 2.40. The van der Waals surface area contributed by atoms with E-state index in [1.165, 1.54) is 0 Å². The molecule has 18 heavy (non-hydrogen) atoms. The van der Waals surface area contributed by atoms with E-state index in [0.29, 0.717) is 18.8 Å². The Morgan fingerprint density at radius 1 is 1.44 bits per heavy atom. The lowest BCUT2D eigenvalue weighted by atomic mass is 10.1. The molecule has 0 bridgehead atoms. The Morgan fingerprint density at radius 2 is 2.22 bits per heavy atom. The molecule has 1 saturated heterocycles. The quantitative estimate of drug-likeness (QED) is 0.744. The van der Waals surface area contributed by atoms with Crippen LogP contribution in [0.15, 0.2) is 0 Å². The van der Waals surface area contributed by atoms with Gasteiger partial charge >= 0.3 is 5.97 Å². The van der Waals surface area contributed by atoms with Gasteiger partial charge in [0.2, 0.25) is 0 Å². The number of hydrogen-bond acceptors (Lipinski definition) is 6. The molecule has 2 rings (SSSR count). The summed E-state index contributed by atoms with van der Waals surface area (Å²) >= 11 is 0. The van der Waals surface area contributed by atoms with Crippen LogP contribution in [-0.2, 0) is 9.47 Å². The van der Waals surface area contributed by atoms with Crippen molar-refractivity contribution in [3.05, 3.63) is 11.4 Å². The third-order valence-corrected chi connectivity index (χ3v) is 2.40. The number of nitrogens with one attached hydrogen (secondary N) is 2. The molecular formula is C11H18N4O3. The summed E-state index contributed by atoms with van der Waals surface area (Å²) in [6.45, 7) is 7.43. The maximum absolute atomic E-state index is 12.0. The summed E-state index contributed by atoms with van der Waals surface area (Å²) in [6, 6.07) is 0. The first kappa shape index (κ1) is 13.0. The monoisotopic (exact) mass is 254 g/mol. The van der Waals surface area contributed by atoms with Crippen molar-refractivity contribution in [3.63, 3.8) is 0 Å². The van der Waals surface area contributed by atoms with Gasteiger partial charge in [-0.25, -0.2) is 4.79 Å². The van der Waals surface area contributed by atoms with Gasteiger partial charge in [-0.3, -0.25) is 0 Å². The molecule has 7 heteroatoms. The molecule has 1 aliphatic heterocycles. The first-order valence-electron chi connectivity index (χ1n) is 5.94. The zero-order valence-corrected chi connectivity index (χ0v) is 10.8. The maximum Gasteiger partial charge on any atom is 0.361 e. The van der Waals surface area contributed by atoms with Gasteiger partial charge in [-0.2, -0.15) is 10.3 Å². The van der Waals surface area contributed by atoms with Crippen molar-refractivity contribution in [2.24, 2.45) is 0 Å². The highest BCUT2D eigenvalue weighted by Gasteiger charge is 2.29. The average Bonchev–Trinajstić information content (AvgIpc) is 2.76. The van der Waals surface area contributed by atoms with E-state index < -0.39 is 11.6 Å². The number of nitrogens with zero attached hydrogens (tertiary/aromatic N) is 2. The van der Waals surface area contributed by atoms with Crippen LogP contribution < -0.4 is 5.32 Å². The predicted octanol–water partition coefficient (Wildman–Crippen LogP) is 0.421. The van der Waals surface area contributed by atoms with Crippen molar-refractivity contribution in [3.8, 4) is 0 Å². The summed E-state index contributed by atoms with van der Waals surface area (Å²) in [4.78, 5) is 12.0. The fraction of sp³-hybridized carbons (Fsp3) is 0.727. The molecule has 1 aromatic heterocycles. The normalized spacial score (nSPS) is 20.7. The predicted molar refractivity (Wildman–Crippen MR) is 63.1 cm³/mol. The van der Waals surface area contributed by atoms with Gasteiger partial charge in [0.05, 0.1) is 6.61 Å². The molecule has 1 aromatic rings. The molecule has 0 aliphatic carbocycles. The lowest BCUT2D eigenvalue weighted by Crippen LogP contribution is -2.34. The summed E-state index contributed by atoms with van der Waals surface area (Å²) in [5.41, 5.74) is 0.133. The molecule has 1 aliphatic rings. The van der Waals surface area contributed by atoms with E-state index in [2.05, 4.69) is 20.7 Å². The van der Waals surface area contributed by atoms with E-state index in [4.69, 9.17) is 9.47 Å². The number of aromatic nitrogens is 3. The first-order chi connectivity index (χ1) is 8.47. The van der Waals surface area contributed by atoms with Crippen molar-refractivity contribution in [1.82, 2.24) is 20.7 Å². The molecule has 7 nitrogen and oxygen atoms in total. The number of morpholine rings is 1. The topological polar surface area (TPSA) is 89.1 Å². The second kappa shape index (κ2) is 5.03. The van der Waals surface area contributed by atoms with Crippen LogP contribution in [0, 0.1) is 0 Å². The standard InChI is InChI=1S/C11H18N4O3/c1-11(2,3)18-10(16)9-8(13-15-14-9)7-6-12-4-5-17-7/h7,12H,4-6H2,1-3H3,(H,13,14,15). The maximum atomic E-state index is 12.0. The van der Waals surface area contributed by atoms with E-state index in [1.54, 1.807) is 0 Å². The number of esters is 1. The minimum Gasteiger partial charge on any atom is -0.455 e. The lowest BCUT2D eigenvalue weighted by molar-refractivity contribution is 0.00327. The van der Waals surface area contributed by atoms with Gasteiger partial charge in [-0.1, -0.05) is 0 Å². The Hall–Kier alpha value is -1.47. The fourth-order valence-electron chi connectivity index (χ4n) is 1.68. The summed E-state index contributed by atoms with van der Waals surface area (Å²) in [7, 11) is 0. The third kappa shape index (κ3) is 3.05. The van der Waals surface area contributed by atoms with Crippen molar-refractivity contribution in [2.45, 2.75) is 32.5 Å². The van der Waals surface area contributed by atoms with Crippen LogP contribution >= 0.6 is 0 Å². The zero-order chi connectivity index (χ0) is 13.2. The molecule has 0 amide bonds. The minimum atomic E-state index is -0.557. The Labute approximate surface area is 105 Å². The lowest BCUT2D eigenvalue weighted by Gasteiger charge is -2.23. The van der Waals surface area contributed by atoms with Crippen LogP contribution in [0.2, 0.25) is 0 Å². The van der Waals surface area contributed by atoms with Gasteiger partial charge in [0, 0.05) is 13.1 Å². The molecular weight excluding hydrogens is 236 g/mol. The van der Waals surface area contributed by atoms with Crippen molar-refractivity contribution in [1.29, 1.82) is 0 Å². The van der Waals surface area contributed by atoms with Crippen molar-refractivity contribution >= 4 is 5.97 Å². The molecule has 1 unspecified atom stereocenters. The summed E-state index contributed by atoms with van der Waals surface area (Å²) in [5.74, 6) is -0.486. The molecule has 0 saturated carbocycles. The smallest absolute Gasteiger partial charge is 0.361 e. The number of carbonyl (C=O) groups excluding carboxylic acids is 1. The Morgan fingerprint density at radius 3 is 2.83 bits per heavy atom. The van der Waals surface area contributed by atoms with E-state index in [9.17, 15) is 4.79 Å².